The van der Waals surface area contributed by atoms with Gasteiger partial charge in [-0.3, -0.25) is 14.2 Å². The number of aryl methyl sites for hydroxylation is 2. The second kappa shape index (κ2) is 6.79. The van der Waals surface area contributed by atoms with Crippen LogP contribution < -0.4 is 15.5 Å². The van der Waals surface area contributed by atoms with Crippen molar-refractivity contribution in [3.05, 3.63) is 69.6 Å². The van der Waals surface area contributed by atoms with E-state index in [4.69, 9.17) is 0 Å². The number of imidazole rings is 1. The van der Waals surface area contributed by atoms with Crippen molar-refractivity contribution in [3.8, 4) is 0 Å². The maximum Gasteiger partial charge on any atom is 0.326 e. The van der Waals surface area contributed by atoms with Gasteiger partial charge in [0.25, 0.3) is 11.8 Å². The molecule has 0 aliphatic carbocycles. The fourth-order valence-corrected chi connectivity index (χ4v) is 5.15. The zero-order valence-corrected chi connectivity index (χ0v) is 18.3. The van der Waals surface area contributed by atoms with Gasteiger partial charge in [0.1, 0.15) is 0 Å². The van der Waals surface area contributed by atoms with Gasteiger partial charge in [0.2, 0.25) is 0 Å². The second-order valence-corrected chi connectivity index (χ2v) is 8.84. The number of carbonyl (C=O) groups excluding carboxylic acids is 2. The molecule has 1 unspecified atom stereocenters. The first-order chi connectivity index (χ1) is 15.8. The minimum Gasteiger partial charge on any atom is -0.391 e. The highest BCUT2D eigenvalue weighted by Gasteiger charge is 2.36. The third-order valence-electron chi connectivity index (χ3n) is 6.85. The summed E-state index contributed by atoms with van der Waals surface area (Å²) in [6, 6.07) is 12.7. The van der Waals surface area contributed by atoms with Crippen LogP contribution in [0.15, 0.2) is 47.3 Å². The Morgan fingerprint density at radius 2 is 1.76 bits per heavy atom. The summed E-state index contributed by atoms with van der Waals surface area (Å²) in [5.74, 6) is -0.778. The SMILES string of the molecule is Cc1cc2[nH]c(=O)n(C)c2cc1N1C(=O)c2cccc3c(N4CCC(O)C4)ccc(c23)C1=O. The molecule has 0 spiro atoms. The minimum atomic E-state index is -0.389. The largest absolute Gasteiger partial charge is 0.391 e. The number of imide groups is 1. The van der Waals surface area contributed by atoms with E-state index in [9.17, 15) is 19.5 Å². The third kappa shape index (κ3) is 2.70. The van der Waals surface area contributed by atoms with Crippen molar-refractivity contribution in [2.75, 3.05) is 22.9 Å². The number of aromatic amines is 1. The van der Waals surface area contributed by atoms with Crippen molar-refractivity contribution < 1.29 is 14.7 Å². The number of carbonyl (C=O) groups is 2. The first kappa shape index (κ1) is 19.8. The van der Waals surface area contributed by atoms with E-state index < -0.39 is 0 Å². The molecule has 0 radical (unpaired) electrons. The average molecular weight is 442 g/mol. The Bertz CT molecular complexity index is 1540. The number of nitrogens with zero attached hydrogens (tertiary/aromatic N) is 3. The second-order valence-electron chi connectivity index (χ2n) is 8.84. The average Bonchev–Trinajstić information content (AvgIpc) is 3.34. The maximum absolute atomic E-state index is 13.7. The molecule has 2 amide bonds. The van der Waals surface area contributed by atoms with Gasteiger partial charge < -0.3 is 15.0 Å². The van der Waals surface area contributed by atoms with Gasteiger partial charge in [-0.2, -0.15) is 0 Å². The van der Waals surface area contributed by atoms with Crippen LogP contribution >= 0.6 is 0 Å². The number of aromatic nitrogens is 2. The van der Waals surface area contributed by atoms with Crippen LogP contribution in [-0.4, -0.2) is 45.7 Å². The molecule has 2 aliphatic rings. The summed E-state index contributed by atoms with van der Waals surface area (Å²) in [7, 11) is 1.65. The molecule has 4 aromatic rings. The summed E-state index contributed by atoms with van der Waals surface area (Å²) in [6.45, 7) is 3.07. The van der Waals surface area contributed by atoms with E-state index in [1.807, 2.05) is 25.1 Å². The zero-order chi connectivity index (χ0) is 23.0. The lowest BCUT2D eigenvalue weighted by molar-refractivity contribution is 0.0893. The maximum atomic E-state index is 13.7. The molecule has 0 saturated carbocycles. The molecule has 1 saturated heterocycles. The molecule has 2 N–H and O–H groups in total. The number of aliphatic hydroxyl groups excluding tert-OH is 1. The summed E-state index contributed by atoms with van der Waals surface area (Å²) in [6.07, 6.45) is 0.315. The lowest BCUT2D eigenvalue weighted by Gasteiger charge is -2.30. The van der Waals surface area contributed by atoms with Crippen LogP contribution in [-0.2, 0) is 7.05 Å². The molecule has 3 heterocycles. The quantitative estimate of drug-likeness (QED) is 0.465. The van der Waals surface area contributed by atoms with Crippen LogP contribution in [0.2, 0.25) is 0 Å². The van der Waals surface area contributed by atoms with Gasteiger partial charge in [0.05, 0.1) is 22.8 Å². The number of amides is 2. The summed E-state index contributed by atoms with van der Waals surface area (Å²) < 4.78 is 1.46. The number of H-pyrrole nitrogens is 1. The number of hydrogen-bond donors (Lipinski definition) is 2. The number of rotatable bonds is 2. The number of fused-ring (bicyclic) bond motifs is 1. The Morgan fingerprint density at radius 1 is 1.00 bits per heavy atom. The van der Waals surface area contributed by atoms with Crippen molar-refractivity contribution in [2.24, 2.45) is 7.05 Å². The van der Waals surface area contributed by atoms with E-state index >= 15 is 0 Å². The molecule has 166 valence electrons. The molecule has 3 aromatic carbocycles. The van der Waals surface area contributed by atoms with Crippen LogP contribution in [0, 0.1) is 6.92 Å². The van der Waals surface area contributed by atoms with Gasteiger partial charge >= 0.3 is 5.69 Å². The number of β-amino-alcohol motifs (C(OH)–C–C–N with tert-alkyl or cyclic N) is 1. The molecule has 33 heavy (non-hydrogen) atoms. The zero-order valence-electron chi connectivity index (χ0n) is 18.3. The molecule has 2 aliphatic heterocycles. The fourth-order valence-electron chi connectivity index (χ4n) is 5.15. The highest BCUT2D eigenvalue weighted by molar-refractivity contribution is 6.36. The van der Waals surface area contributed by atoms with Gasteiger partial charge in [-0.1, -0.05) is 12.1 Å². The van der Waals surface area contributed by atoms with Crippen LogP contribution in [0.25, 0.3) is 21.8 Å². The van der Waals surface area contributed by atoms with E-state index in [0.29, 0.717) is 51.8 Å². The summed E-state index contributed by atoms with van der Waals surface area (Å²) in [4.78, 5) is 45.5. The van der Waals surface area contributed by atoms with Crippen LogP contribution in [0.5, 0.6) is 0 Å². The Balaban J connectivity index is 1.54. The number of nitrogens with one attached hydrogen (secondary N) is 1. The van der Waals surface area contributed by atoms with Crippen molar-refractivity contribution >= 4 is 45.0 Å². The third-order valence-corrected chi connectivity index (χ3v) is 6.85. The molecule has 1 aromatic heterocycles. The standard InChI is InChI=1S/C25H22N4O4/c1-13-10-18-21(27(2)25(33)26-18)11-20(13)29-23(31)16-5-3-4-15-19(28-9-8-14(30)12-28)7-6-17(22(15)16)24(29)32/h3-7,10-11,14,30H,8-9,12H2,1-2H3,(H,26,33). The Hall–Kier alpha value is -3.91. The van der Waals surface area contributed by atoms with Gasteiger partial charge in [-0.25, -0.2) is 9.69 Å². The molecular weight excluding hydrogens is 420 g/mol. The summed E-state index contributed by atoms with van der Waals surface area (Å²) >= 11 is 0. The topological polar surface area (TPSA) is 98.6 Å². The summed E-state index contributed by atoms with van der Waals surface area (Å²) in [5, 5.41) is 11.5. The minimum absolute atomic E-state index is 0.257. The van der Waals surface area contributed by atoms with E-state index in [0.717, 1.165) is 17.6 Å². The van der Waals surface area contributed by atoms with E-state index in [1.165, 1.54) is 9.47 Å². The molecule has 8 heteroatoms. The highest BCUT2D eigenvalue weighted by atomic mass is 16.3. The highest BCUT2D eigenvalue weighted by Crippen LogP contribution is 2.39. The number of aliphatic hydroxyl groups is 1. The number of hydrogen-bond acceptors (Lipinski definition) is 5. The van der Waals surface area contributed by atoms with Gasteiger partial charge in [-0.05, 0) is 49.2 Å². The van der Waals surface area contributed by atoms with Gasteiger partial charge in [-0.15, -0.1) is 0 Å². The fraction of sp³-hybridized carbons (Fsp3) is 0.240. The Morgan fingerprint density at radius 3 is 2.48 bits per heavy atom. The molecule has 8 nitrogen and oxygen atoms in total. The first-order valence-electron chi connectivity index (χ1n) is 10.9. The van der Waals surface area contributed by atoms with E-state index in [1.54, 1.807) is 31.3 Å². The lowest BCUT2D eigenvalue weighted by atomic mass is 9.92. The number of anilines is 2. The number of benzene rings is 3. The van der Waals surface area contributed by atoms with Crippen LogP contribution in [0.3, 0.4) is 0 Å². The molecule has 6 rings (SSSR count). The molecule has 1 fully saturated rings. The summed E-state index contributed by atoms with van der Waals surface area (Å²) in [5.41, 5.74) is 4.03. The van der Waals surface area contributed by atoms with Crippen molar-refractivity contribution in [1.82, 2.24) is 9.55 Å². The monoisotopic (exact) mass is 442 g/mol. The molecule has 0 bridgehead atoms. The van der Waals surface area contributed by atoms with E-state index in [2.05, 4.69) is 9.88 Å². The van der Waals surface area contributed by atoms with Crippen molar-refractivity contribution in [1.29, 1.82) is 0 Å². The molecular formula is C25H22N4O4. The Kier molecular flexibility index (Phi) is 4.07. The first-order valence-corrected chi connectivity index (χ1v) is 10.9. The molecule has 1 atom stereocenters. The smallest absolute Gasteiger partial charge is 0.326 e. The van der Waals surface area contributed by atoms with Crippen molar-refractivity contribution in [2.45, 2.75) is 19.4 Å². The predicted molar refractivity (Wildman–Crippen MR) is 126 cm³/mol. The Labute approximate surface area is 188 Å². The van der Waals surface area contributed by atoms with Crippen LogP contribution in [0.4, 0.5) is 11.4 Å². The van der Waals surface area contributed by atoms with Crippen molar-refractivity contribution in [3.63, 3.8) is 0 Å². The van der Waals surface area contributed by atoms with Gasteiger partial charge in [0, 0.05) is 47.7 Å². The lowest BCUT2D eigenvalue weighted by Crippen LogP contribution is -2.41. The van der Waals surface area contributed by atoms with E-state index in [-0.39, 0.29) is 23.6 Å². The predicted octanol–water partition coefficient (Wildman–Crippen LogP) is 2.70. The normalized spacial score (nSPS) is 18.2. The van der Waals surface area contributed by atoms with Gasteiger partial charge in [0.15, 0.2) is 0 Å². The van der Waals surface area contributed by atoms with Crippen LogP contribution in [0.1, 0.15) is 32.7 Å².